The number of likely N-dealkylation sites (N-methyl/N-ethyl adjacent to an activating group) is 1. The summed E-state index contributed by atoms with van der Waals surface area (Å²) in [7, 11) is 1.49. The SMILES string of the molecule is CC(C)CCSc1ccc(C(=O)N(C)CC(=O)Nc2ccccc2)cc1[N+](=O)[O-]. The molecule has 0 saturated heterocycles. The van der Waals surface area contributed by atoms with E-state index in [9.17, 15) is 19.7 Å². The van der Waals surface area contributed by atoms with Crippen molar-refractivity contribution >= 4 is 35.0 Å². The van der Waals surface area contributed by atoms with Crippen molar-refractivity contribution < 1.29 is 14.5 Å². The van der Waals surface area contributed by atoms with Gasteiger partial charge in [0.05, 0.1) is 16.4 Å². The maximum atomic E-state index is 12.6. The molecular formula is C21H25N3O4S. The number of carbonyl (C=O) groups excluding carboxylic acids is 2. The number of para-hydroxylation sites is 1. The summed E-state index contributed by atoms with van der Waals surface area (Å²) in [6.45, 7) is 4.04. The summed E-state index contributed by atoms with van der Waals surface area (Å²) in [5.41, 5.74) is 0.725. The Bertz CT molecular complexity index is 871. The number of amides is 2. The third-order valence-corrected chi connectivity index (χ3v) is 5.24. The second-order valence-electron chi connectivity index (χ2n) is 7.05. The minimum absolute atomic E-state index is 0.0910. The second-order valence-corrected chi connectivity index (χ2v) is 8.18. The summed E-state index contributed by atoms with van der Waals surface area (Å²) in [6, 6.07) is 13.4. The first-order valence-electron chi connectivity index (χ1n) is 9.29. The van der Waals surface area contributed by atoms with Gasteiger partial charge in [0.2, 0.25) is 5.91 Å². The van der Waals surface area contributed by atoms with Crippen molar-refractivity contribution in [1.29, 1.82) is 0 Å². The van der Waals surface area contributed by atoms with Gasteiger partial charge in [-0.15, -0.1) is 11.8 Å². The fourth-order valence-electron chi connectivity index (χ4n) is 2.55. The van der Waals surface area contributed by atoms with E-state index in [0.29, 0.717) is 16.5 Å². The lowest BCUT2D eigenvalue weighted by Crippen LogP contribution is -2.34. The highest BCUT2D eigenvalue weighted by atomic mass is 32.2. The lowest BCUT2D eigenvalue weighted by molar-refractivity contribution is -0.387. The summed E-state index contributed by atoms with van der Waals surface area (Å²) < 4.78 is 0. The summed E-state index contributed by atoms with van der Waals surface area (Å²) in [5.74, 6) is 0.487. The van der Waals surface area contributed by atoms with Crippen molar-refractivity contribution in [3.05, 3.63) is 64.2 Å². The van der Waals surface area contributed by atoms with Crippen LogP contribution in [-0.2, 0) is 4.79 Å². The zero-order chi connectivity index (χ0) is 21.4. The second kappa shape index (κ2) is 10.6. The monoisotopic (exact) mass is 415 g/mol. The van der Waals surface area contributed by atoms with E-state index >= 15 is 0 Å². The lowest BCUT2D eigenvalue weighted by Gasteiger charge is -2.17. The highest BCUT2D eigenvalue weighted by Crippen LogP contribution is 2.31. The smallest absolute Gasteiger partial charge is 0.283 e. The van der Waals surface area contributed by atoms with Gasteiger partial charge in [-0.25, -0.2) is 0 Å². The first kappa shape index (κ1) is 22.4. The van der Waals surface area contributed by atoms with Crippen LogP contribution in [-0.4, -0.2) is 41.0 Å². The standard InChI is InChI=1S/C21H25N3O4S/c1-15(2)11-12-29-19-10-9-16(13-18(19)24(27)28)21(26)23(3)14-20(25)22-17-7-5-4-6-8-17/h4-10,13,15H,11-12,14H2,1-3H3,(H,22,25). The lowest BCUT2D eigenvalue weighted by atomic mass is 10.1. The molecule has 0 aliphatic carbocycles. The highest BCUT2D eigenvalue weighted by molar-refractivity contribution is 7.99. The number of nitrogens with one attached hydrogen (secondary N) is 1. The molecule has 1 N–H and O–H groups in total. The van der Waals surface area contributed by atoms with Gasteiger partial charge in [-0.1, -0.05) is 32.0 Å². The molecule has 0 atom stereocenters. The number of carbonyl (C=O) groups is 2. The summed E-state index contributed by atoms with van der Waals surface area (Å²) in [4.78, 5) is 37.5. The molecule has 0 aliphatic rings. The number of nitrogens with zero attached hydrogens (tertiary/aromatic N) is 2. The van der Waals surface area contributed by atoms with Crippen molar-refractivity contribution in [3.8, 4) is 0 Å². The van der Waals surface area contributed by atoms with E-state index in [1.165, 1.54) is 29.8 Å². The van der Waals surface area contributed by atoms with E-state index in [1.807, 2.05) is 6.07 Å². The first-order valence-corrected chi connectivity index (χ1v) is 10.3. The number of anilines is 1. The Morgan fingerprint density at radius 2 is 1.86 bits per heavy atom. The van der Waals surface area contributed by atoms with E-state index in [4.69, 9.17) is 0 Å². The van der Waals surface area contributed by atoms with Gasteiger partial charge < -0.3 is 10.2 Å². The Kier molecular flexibility index (Phi) is 8.21. The minimum Gasteiger partial charge on any atom is -0.332 e. The molecule has 0 spiro atoms. The van der Waals surface area contributed by atoms with Gasteiger partial charge in [-0.05, 0) is 42.4 Å². The Labute approximate surface area is 174 Å². The Morgan fingerprint density at radius 3 is 2.48 bits per heavy atom. The average molecular weight is 416 g/mol. The van der Waals surface area contributed by atoms with Crippen molar-refractivity contribution in [1.82, 2.24) is 4.90 Å². The average Bonchev–Trinajstić information content (AvgIpc) is 2.67. The van der Waals surface area contributed by atoms with Crippen LogP contribution < -0.4 is 5.32 Å². The quantitative estimate of drug-likeness (QED) is 0.371. The molecular weight excluding hydrogens is 390 g/mol. The first-order chi connectivity index (χ1) is 13.8. The zero-order valence-corrected chi connectivity index (χ0v) is 17.6. The van der Waals surface area contributed by atoms with Gasteiger partial charge in [0.15, 0.2) is 0 Å². The molecule has 2 amide bonds. The van der Waals surface area contributed by atoms with E-state index in [1.54, 1.807) is 36.4 Å². The van der Waals surface area contributed by atoms with E-state index in [2.05, 4.69) is 19.2 Å². The van der Waals surface area contributed by atoms with Crippen LogP contribution in [0.5, 0.6) is 0 Å². The number of benzene rings is 2. The minimum atomic E-state index is -0.476. The van der Waals surface area contributed by atoms with Gasteiger partial charge in [0.25, 0.3) is 11.6 Å². The zero-order valence-electron chi connectivity index (χ0n) is 16.8. The maximum Gasteiger partial charge on any atom is 0.283 e. The molecule has 0 aromatic heterocycles. The molecule has 0 fully saturated rings. The van der Waals surface area contributed by atoms with Crippen LogP contribution in [0.25, 0.3) is 0 Å². The van der Waals surface area contributed by atoms with Crippen molar-refractivity contribution in [2.75, 3.05) is 24.7 Å². The molecule has 2 aromatic rings. The molecule has 2 rings (SSSR count). The molecule has 0 unspecified atom stereocenters. The number of nitro groups is 1. The van der Waals surface area contributed by atoms with Gasteiger partial charge in [-0.2, -0.15) is 0 Å². The summed E-state index contributed by atoms with van der Waals surface area (Å²) >= 11 is 1.41. The van der Waals surface area contributed by atoms with Gasteiger partial charge in [-0.3, -0.25) is 19.7 Å². The van der Waals surface area contributed by atoms with Crippen LogP contribution in [0.4, 0.5) is 11.4 Å². The predicted molar refractivity (Wildman–Crippen MR) is 115 cm³/mol. The molecule has 8 heteroatoms. The number of hydrogen-bond donors (Lipinski definition) is 1. The number of hydrogen-bond acceptors (Lipinski definition) is 5. The van der Waals surface area contributed by atoms with Crippen LogP contribution in [0.3, 0.4) is 0 Å². The Hall–Kier alpha value is -2.87. The van der Waals surface area contributed by atoms with Crippen LogP contribution in [0.15, 0.2) is 53.4 Å². The molecule has 0 saturated carbocycles. The fourth-order valence-corrected chi connectivity index (χ4v) is 3.80. The van der Waals surface area contributed by atoms with E-state index in [-0.39, 0.29) is 23.7 Å². The Balaban J connectivity index is 2.05. The molecule has 154 valence electrons. The molecule has 0 radical (unpaired) electrons. The van der Waals surface area contributed by atoms with E-state index in [0.717, 1.165) is 12.2 Å². The molecule has 0 aliphatic heterocycles. The van der Waals surface area contributed by atoms with Gasteiger partial charge in [0.1, 0.15) is 0 Å². The van der Waals surface area contributed by atoms with Crippen molar-refractivity contribution in [3.63, 3.8) is 0 Å². The van der Waals surface area contributed by atoms with Crippen molar-refractivity contribution in [2.45, 2.75) is 25.2 Å². The molecule has 0 heterocycles. The summed E-state index contributed by atoms with van der Waals surface area (Å²) in [6.07, 6.45) is 0.946. The predicted octanol–water partition coefficient (Wildman–Crippen LogP) is 4.44. The third kappa shape index (κ3) is 6.90. The Morgan fingerprint density at radius 1 is 1.17 bits per heavy atom. The third-order valence-electron chi connectivity index (χ3n) is 4.14. The number of thioether (sulfide) groups is 1. The summed E-state index contributed by atoms with van der Waals surface area (Å²) in [5, 5.41) is 14.2. The van der Waals surface area contributed by atoms with E-state index < -0.39 is 10.8 Å². The maximum absolute atomic E-state index is 12.6. The topological polar surface area (TPSA) is 92.6 Å². The highest BCUT2D eigenvalue weighted by Gasteiger charge is 2.21. The molecule has 0 bridgehead atoms. The van der Waals surface area contributed by atoms with Gasteiger partial charge >= 0.3 is 0 Å². The van der Waals surface area contributed by atoms with Gasteiger partial charge in [0, 0.05) is 24.4 Å². The largest absolute Gasteiger partial charge is 0.332 e. The van der Waals surface area contributed by atoms with Crippen molar-refractivity contribution in [2.24, 2.45) is 5.92 Å². The van der Waals surface area contributed by atoms with Crippen LogP contribution >= 0.6 is 11.8 Å². The van der Waals surface area contributed by atoms with Crippen LogP contribution in [0.2, 0.25) is 0 Å². The molecule has 29 heavy (non-hydrogen) atoms. The van der Waals surface area contributed by atoms with Crippen LogP contribution in [0.1, 0.15) is 30.6 Å². The number of nitro benzene ring substituents is 1. The number of rotatable bonds is 9. The fraction of sp³-hybridized carbons (Fsp3) is 0.333. The normalized spacial score (nSPS) is 10.6. The molecule has 7 nitrogen and oxygen atoms in total. The molecule has 2 aromatic carbocycles. The van der Waals surface area contributed by atoms with Crippen LogP contribution in [0, 0.1) is 16.0 Å².